The van der Waals surface area contributed by atoms with Gasteiger partial charge in [0, 0.05) is 17.8 Å². The van der Waals surface area contributed by atoms with Gasteiger partial charge in [-0.05, 0) is 25.7 Å². The molecular formula is C12H19BrF3NO. The minimum Gasteiger partial charge on any atom is -0.356 e. The zero-order valence-electron chi connectivity index (χ0n) is 10.2. The van der Waals surface area contributed by atoms with Gasteiger partial charge in [0.2, 0.25) is 5.91 Å². The van der Waals surface area contributed by atoms with E-state index in [1.165, 1.54) is 0 Å². The maximum Gasteiger partial charge on any atom is 0.392 e. The molecule has 1 N–H and O–H groups in total. The fourth-order valence-electron chi connectivity index (χ4n) is 2.40. The Morgan fingerprint density at radius 1 is 1.22 bits per heavy atom. The lowest BCUT2D eigenvalue weighted by molar-refractivity contribution is -0.198. The molecule has 1 aliphatic carbocycles. The Kier molecular flexibility index (Phi) is 6.46. The number of alkyl halides is 4. The van der Waals surface area contributed by atoms with E-state index in [0.717, 1.165) is 18.2 Å². The van der Waals surface area contributed by atoms with E-state index in [9.17, 15) is 18.0 Å². The largest absolute Gasteiger partial charge is 0.392 e. The van der Waals surface area contributed by atoms with Gasteiger partial charge in [-0.1, -0.05) is 28.8 Å². The maximum absolute atomic E-state index is 12.8. The third-order valence-electron chi connectivity index (χ3n) is 3.38. The SMILES string of the molecule is O=C(NCCCCBr)C1CCCCC1C(F)(F)F. The number of carbonyl (C=O) groups is 1. The summed E-state index contributed by atoms with van der Waals surface area (Å²) in [6.07, 6.45) is -0.826. The minimum atomic E-state index is -4.25. The summed E-state index contributed by atoms with van der Waals surface area (Å²) >= 11 is 3.27. The van der Waals surface area contributed by atoms with Gasteiger partial charge in [-0.2, -0.15) is 13.2 Å². The predicted octanol–water partition coefficient (Wildman–Crippen LogP) is 3.65. The number of carbonyl (C=O) groups excluding carboxylic acids is 1. The number of rotatable bonds is 5. The molecule has 0 aromatic rings. The van der Waals surface area contributed by atoms with Crippen molar-refractivity contribution < 1.29 is 18.0 Å². The van der Waals surface area contributed by atoms with Crippen molar-refractivity contribution >= 4 is 21.8 Å². The van der Waals surface area contributed by atoms with Crippen molar-refractivity contribution in [3.63, 3.8) is 0 Å². The summed E-state index contributed by atoms with van der Waals surface area (Å²) in [6, 6.07) is 0. The number of halogens is 4. The van der Waals surface area contributed by atoms with Crippen LogP contribution in [0.15, 0.2) is 0 Å². The quantitative estimate of drug-likeness (QED) is 0.605. The number of hydrogen-bond acceptors (Lipinski definition) is 1. The lowest BCUT2D eigenvalue weighted by Crippen LogP contribution is -2.42. The molecule has 0 bridgehead atoms. The van der Waals surface area contributed by atoms with Gasteiger partial charge < -0.3 is 5.32 Å². The van der Waals surface area contributed by atoms with Crippen molar-refractivity contribution in [1.82, 2.24) is 5.32 Å². The molecule has 0 radical (unpaired) electrons. The van der Waals surface area contributed by atoms with Crippen LogP contribution in [-0.4, -0.2) is 24.0 Å². The highest BCUT2D eigenvalue weighted by atomic mass is 79.9. The van der Waals surface area contributed by atoms with Crippen LogP contribution in [0.2, 0.25) is 0 Å². The molecule has 2 atom stereocenters. The van der Waals surface area contributed by atoms with Crippen molar-refractivity contribution in [2.45, 2.75) is 44.7 Å². The summed E-state index contributed by atoms with van der Waals surface area (Å²) < 4.78 is 38.4. The summed E-state index contributed by atoms with van der Waals surface area (Å²) in [5.74, 6) is -2.77. The fraction of sp³-hybridized carbons (Fsp3) is 0.917. The first kappa shape index (κ1) is 15.8. The van der Waals surface area contributed by atoms with Crippen LogP contribution in [-0.2, 0) is 4.79 Å². The molecule has 2 nitrogen and oxygen atoms in total. The van der Waals surface area contributed by atoms with E-state index in [0.29, 0.717) is 25.8 Å². The van der Waals surface area contributed by atoms with Crippen molar-refractivity contribution in [1.29, 1.82) is 0 Å². The third-order valence-corrected chi connectivity index (χ3v) is 3.94. The molecule has 1 amide bonds. The molecule has 0 aromatic heterocycles. The smallest absolute Gasteiger partial charge is 0.356 e. The summed E-state index contributed by atoms with van der Waals surface area (Å²) in [4.78, 5) is 11.8. The molecule has 0 heterocycles. The monoisotopic (exact) mass is 329 g/mol. The molecule has 1 fully saturated rings. The van der Waals surface area contributed by atoms with Gasteiger partial charge in [-0.15, -0.1) is 0 Å². The second-order valence-corrected chi connectivity index (χ2v) is 5.52. The summed E-state index contributed by atoms with van der Waals surface area (Å²) in [5, 5.41) is 3.47. The summed E-state index contributed by atoms with van der Waals surface area (Å²) in [5.41, 5.74) is 0. The molecule has 1 saturated carbocycles. The van der Waals surface area contributed by atoms with Crippen LogP contribution >= 0.6 is 15.9 Å². The van der Waals surface area contributed by atoms with Crippen LogP contribution in [0.1, 0.15) is 38.5 Å². The van der Waals surface area contributed by atoms with Crippen LogP contribution in [0.25, 0.3) is 0 Å². The van der Waals surface area contributed by atoms with Crippen molar-refractivity contribution in [2.75, 3.05) is 11.9 Å². The minimum absolute atomic E-state index is 0.0863. The van der Waals surface area contributed by atoms with Gasteiger partial charge in [-0.3, -0.25) is 4.79 Å². The molecule has 18 heavy (non-hydrogen) atoms. The van der Waals surface area contributed by atoms with Gasteiger partial charge in [-0.25, -0.2) is 0 Å². The first-order chi connectivity index (χ1) is 8.46. The van der Waals surface area contributed by atoms with E-state index in [-0.39, 0.29) is 6.42 Å². The zero-order valence-corrected chi connectivity index (χ0v) is 11.8. The Bertz CT molecular complexity index is 271. The molecule has 1 rings (SSSR count). The van der Waals surface area contributed by atoms with Crippen LogP contribution in [0.4, 0.5) is 13.2 Å². The summed E-state index contributed by atoms with van der Waals surface area (Å²) in [7, 11) is 0. The highest BCUT2D eigenvalue weighted by Gasteiger charge is 2.47. The van der Waals surface area contributed by atoms with Crippen LogP contribution in [0.3, 0.4) is 0 Å². The van der Waals surface area contributed by atoms with Gasteiger partial charge in [0.1, 0.15) is 0 Å². The van der Waals surface area contributed by atoms with Gasteiger partial charge in [0.25, 0.3) is 0 Å². The average molecular weight is 330 g/mol. The lowest BCUT2D eigenvalue weighted by atomic mass is 9.78. The first-order valence-electron chi connectivity index (χ1n) is 6.37. The Hall–Kier alpha value is -0.260. The Balaban J connectivity index is 2.47. The van der Waals surface area contributed by atoms with Crippen molar-refractivity contribution in [2.24, 2.45) is 11.8 Å². The second kappa shape index (κ2) is 7.36. The summed E-state index contributed by atoms with van der Waals surface area (Å²) in [6.45, 7) is 0.464. The fourth-order valence-corrected chi connectivity index (χ4v) is 2.80. The molecule has 0 saturated heterocycles. The Morgan fingerprint density at radius 3 is 2.50 bits per heavy atom. The third kappa shape index (κ3) is 4.78. The molecule has 106 valence electrons. The molecule has 6 heteroatoms. The molecule has 0 aromatic carbocycles. The highest BCUT2D eigenvalue weighted by Crippen LogP contribution is 2.41. The molecule has 0 spiro atoms. The zero-order chi connectivity index (χ0) is 13.6. The van der Waals surface area contributed by atoms with Crippen LogP contribution in [0.5, 0.6) is 0 Å². The van der Waals surface area contributed by atoms with Gasteiger partial charge in [0.15, 0.2) is 0 Å². The van der Waals surface area contributed by atoms with Gasteiger partial charge in [0.05, 0.1) is 5.92 Å². The van der Waals surface area contributed by atoms with Gasteiger partial charge >= 0.3 is 6.18 Å². The van der Waals surface area contributed by atoms with Crippen molar-refractivity contribution in [3.8, 4) is 0 Å². The van der Waals surface area contributed by atoms with Crippen molar-refractivity contribution in [3.05, 3.63) is 0 Å². The van der Waals surface area contributed by atoms with E-state index in [1.54, 1.807) is 0 Å². The average Bonchev–Trinajstić information content (AvgIpc) is 2.33. The first-order valence-corrected chi connectivity index (χ1v) is 7.49. The highest BCUT2D eigenvalue weighted by molar-refractivity contribution is 9.09. The molecule has 2 unspecified atom stereocenters. The van der Waals surface area contributed by atoms with E-state index in [2.05, 4.69) is 21.2 Å². The lowest BCUT2D eigenvalue weighted by Gasteiger charge is -2.32. The van der Waals surface area contributed by atoms with Crippen LogP contribution < -0.4 is 5.32 Å². The predicted molar refractivity (Wildman–Crippen MR) is 67.5 cm³/mol. The number of amides is 1. The number of hydrogen-bond donors (Lipinski definition) is 1. The molecule has 1 aliphatic rings. The van der Waals surface area contributed by atoms with E-state index < -0.39 is 23.9 Å². The standard InChI is InChI=1S/C12H19BrF3NO/c13-7-3-4-8-17-11(18)9-5-1-2-6-10(9)12(14,15)16/h9-10H,1-8H2,(H,17,18). The van der Waals surface area contributed by atoms with E-state index in [1.807, 2.05) is 0 Å². The maximum atomic E-state index is 12.8. The Morgan fingerprint density at radius 2 is 1.89 bits per heavy atom. The van der Waals surface area contributed by atoms with E-state index >= 15 is 0 Å². The number of unbranched alkanes of at least 4 members (excludes halogenated alkanes) is 1. The number of nitrogens with one attached hydrogen (secondary N) is 1. The Labute approximate surface area is 114 Å². The molecular weight excluding hydrogens is 311 g/mol. The van der Waals surface area contributed by atoms with E-state index in [4.69, 9.17) is 0 Å². The normalized spacial score (nSPS) is 24.9. The second-order valence-electron chi connectivity index (χ2n) is 4.73. The molecule has 0 aliphatic heterocycles. The van der Waals surface area contributed by atoms with Crippen LogP contribution in [0, 0.1) is 11.8 Å². The topological polar surface area (TPSA) is 29.1 Å².